The molecule has 1 unspecified atom stereocenters. The summed E-state index contributed by atoms with van der Waals surface area (Å²) < 4.78 is 0. The van der Waals surface area contributed by atoms with Crippen LogP contribution in [-0.4, -0.2) is 27.9 Å². The van der Waals surface area contributed by atoms with E-state index < -0.39 is 0 Å². The zero-order valence-electron chi connectivity index (χ0n) is 22.6. The maximum atomic E-state index is 12.9. The molecule has 1 aromatic carbocycles. The highest BCUT2D eigenvalue weighted by molar-refractivity contribution is 7.13. The number of aromatic nitrogens is 1. The van der Waals surface area contributed by atoms with Crippen molar-refractivity contribution in [3.05, 3.63) is 46.5 Å². The average molecular weight is 486 g/mol. The molecule has 0 bridgehead atoms. The van der Waals surface area contributed by atoms with E-state index in [1.165, 1.54) is 43.2 Å². The number of rotatable bonds is 15. The highest BCUT2D eigenvalue weighted by Gasteiger charge is 2.28. The molecule has 0 spiro atoms. The molecule has 34 heavy (non-hydrogen) atoms. The van der Waals surface area contributed by atoms with Gasteiger partial charge in [-0.2, -0.15) is 0 Å². The molecule has 0 aliphatic carbocycles. The summed E-state index contributed by atoms with van der Waals surface area (Å²) in [4.78, 5) is 19.7. The van der Waals surface area contributed by atoms with E-state index in [0.717, 1.165) is 30.1 Å². The average Bonchev–Trinajstić information content (AvgIpc) is 3.20. The maximum absolute atomic E-state index is 12.9. The molecule has 1 heterocycles. The number of benzene rings is 1. The predicted octanol–water partition coefficient (Wildman–Crippen LogP) is 7.97. The summed E-state index contributed by atoms with van der Waals surface area (Å²) in [6, 6.07) is 9.49. The smallest absolute Gasteiger partial charge is 0.229 e. The van der Waals surface area contributed by atoms with Crippen LogP contribution < -0.4 is 5.32 Å². The molecule has 2 aromatic rings. The molecule has 1 atom stereocenters. The summed E-state index contributed by atoms with van der Waals surface area (Å²) in [5.74, 6) is 0.145. The molecule has 1 N–H and O–H groups in total. The van der Waals surface area contributed by atoms with Crippen molar-refractivity contribution in [2.24, 2.45) is 0 Å². The number of hydrogen-bond donors (Lipinski definition) is 1. The van der Waals surface area contributed by atoms with Gasteiger partial charge in [-0.15, -0.1) is 11.3 Å². The molecule has 1 amide bonds. The van der Waals surface area contributed by atoms with Gasteiger partial charge < -0.3 is 10.2 Å². The monoisotopic (exact) mass is 485 g/mol. The number of nitrogens with zero attached hydrogens (tertiary/aromatic N) is 2. The van der Waals surface area contributed by atoms with Crippen molar-refractivity contribution in [2.45, 2.75) is 124 Å². The molecular formula is C29H47N3OS. The number of amides is 1. The summed E-state index contributed by atoms with van der Waals surface area (Å²) >= 11 is 1.61. The molecule has 0 fully saturated rings. The molecule has 190 valence electrons. The first kappa shape index (κ1) is 28.4. The van der Waals surface area contributed by atoms with Crippen LogP contribution in [-0.2, 0) is 23.2 Å². The number of hydrogen-bond acceptors (Lipinski definition) is 4. The van der Waals surface area contributed by atoms with Crippen LogP contribution in [0.1, 0.15) is 110 Å². The van der Waals surface area contributed by atoms with Crippen LogP contribution >= 0.6 is 11.3 Å². The van der Waals surface area contributed by atoms with Gasteiger partial charge >= 0.3 is 0 Å². The first-order valence-electron chi connectivity index (χ1n) is 13.3. The van der Waals surface area contributed by atoms with E-state index in [-0.39, 0.29) is 23.5 Å². The fraction of sp³-hybridized carbons (Fsp3) is 0.655. The van der Waals surface area contributed by atoms with Crippen molar-refractivity contribution in [3.63, 3.8) is 0 Å². The first-order chi connectivity index (χ1) is 16.2. The third-order valence-corrected chi connectivity index (χ3v) is 7.38. The van der Waals surface area contributed by atoms with E-state index in [4.69, 9.17) is 4.98 Å². The van der Waals surface area contributed by atoms with Gasteiger partial charge in [0.15, 0.2) is 5.13 Å². The van der Waals surface area contributed by atoms with E-state index in [9.17, 15) is 4.79 Å². The molecule has 5 heteroatoms. The second kappa shape index (κ2) is 13.9. The second-order valence-corrected chi connectivity index (χ2v) is 11.2. The Hall–Kier alpha value is -1.88. The van der Waals surface area contributed by atoms with Gasteiger partial charge in [0, 0.05) is 17.5 Å². The van der Waals surface area contributed by atoms with Crippen LogP contribution in [0.2, 0.25) is 0 Å². The Morgan fingerprint density at radius 2 is 1.65 bits per heavy atom. The fourth-order valence-corrected chi connectivity index (χ4v) is 5.63. The number of carbonyl (C=O) groups is 1. The Bertz CT molecular complexity index is 851. The summed E-state index contributed by atoms with van der Waals surface area (Å²) in [5, 5.41) is 6.70. The number of thiazole rings is 1. The summed E-state index contributed by atoms with van der Waals surface area (Å²) in [6.45, 7) is 15.1. The standard InChI is InChI=1S/C29H47N3OS/c1-8-10-11-12-13-19-29(7,25-17-15-24(14-9-2)16-18-25)31-28-30-26(21-34-28)20-27(33)32(22(3)4)23(5)6/h15-18,21-23H,8-14,19-20H2,1-7H3,(H,30,31). The largest absolute Gasteiger partial charge is 0.352 e. The van der Waals surface area contributed by atoms with Crippen LogP contribution in [0.5, 0.6) is 0 Å². The van der Waals surface area contributed by atoms with Crippen molar-refractivity contribution < 1.29 is 4.79 Å². The van der Waals surface area contributed by atoms with Crippen LogP contribution in [0.3, 0.4) is 0 Å². The van der Waals surface area contributed by atoms with Gasteiger partial charge in [-0.25, -0.2) is 4.98 Å². The third kappa shape index (κ3) is 8.41. The SMILES string of the molecule is CCCCCCCC(C)(Nc1nc(CC(=O)N(C(C)C)C(C)C)cs1)c1ccc(CCC)cc1. The van der Waals surface area contributed by atoms with E-state index >= 15 is 0 Å². The predicted molar refractivity (Wildman–Crippen MR) is 148 cm³/mol. The van der Waals surface area contributed by atoms with Crippen LogP contribution in [0, 0.1) is 0 Å². The lowest BCUT2D eigenvalue weighted by atomic mass is 9.86. The number of aryl methyl sites for hydroxylation is 1. The quantitative estimate of drug-likeness (QED) is 0.260. The van der Waals surface area contributed by atoms with Crippen molar-refractivity contribution in [1.82, 2.24) is 9.88 Å². The van der Waals surface area contributed by atoms with E-state index in [0.29, 0.717) is 6.42 Å². The summed E-state index contributed by atoms with van der Waals surface area (Å²) in [5.41, 5.74) is 3.37. The molecule has 0 aliphatic rings. The van der Waals surface area contributed by atoms with Crippen molar-refractivity contribution in [1.29, 1.82) is 0 Å². The Morgan fingerprint density at radius 3 is 2.24 bits per heavy atom. The van der Waals surface area contributed by atoms with Gasteiger partial charge in [0.2, 0.25) is 5.91 Å². The zero-order chi connectivity index (χ0) is 25.1. The van der Waals surface area contributed by atoms with Crippen LogP contribution in [0.15, 0.2) is 29.6 Å². The van der Waals surface area contributed by atoms with Gasteiger partial charge in [-0.1, -0.05) is 76.6 Å². The molecule has 1 aromatic heterocycles. The normalized spacial score (nSPS) is 13.3. The molecule has 0 saturated heterocycles. The van der Waals surface area contributed by atoms with Gasteiger partial charge in [0.05, 0.1) is 17.7 Å². The lowest BCUT2D eigenvalue weighted by Gasteiger charge is -2.32. The Kier molecular flexibility index (Phi) is 11.6. The van der Waals surface area contributed by atoms with Gasteiger partial charge in [-0.05, 0) is 58.6 Å². The molecule has 4 nitrogen and oxygen atoms in total. The Balaban J connectivity index is 2.16. The topological polar surface area (TPSA) is 45.2 Å². The number of nitrogens with one attached hydrogen (secondary N) is 1. The highest BCUT2D eigenvalue weighted by atomic mass is 32.1. The van der Waals surface area contributed by atoms with Crippen LogP contribution in [0.25, 0.3) is 0 Å². The van der Waals surface area contributed by atoms with Crippen molar-refractivity contribution in [3.8, 4) is 0 Å². The minimum Gasteiger partial charge on any atom is -0.352 e. The lowest BCUT2D eigenvalue weighted by molar-refractivity contribution is -0.134. The van der Waals surface area contributed by atoms with Gasteiger partial charge in [-0.3, -0.25) is 4.79 Å². The number of anilines is 1. The Morgan fingerprint density at radius 1 is 1.00 bits per heavy atom. The third-order valence-electron chi connectivity index (χ3n) is 6.58. The second-order valence-electron chi connectivity index (χ2n) is 10.4. The lowest BCUT2D eigenvalue weighted by Crippen LogP contribution is -2.42. The highest BCUT2D eigenvalue weighted by Crippen LogP contribution is 2.33. The van der Waals surface area contributed by atoms with E-state index in [1.807, 2.05) is 10.3 Å². The van der Waals surface area contributed by atoms with E-state index in [1.54, 1.807) is 11.3 Å². The van der Waals surface area contributed by atoms with E-state index in [2.05, 4.69) is 78.0 Å². The number of unbranched alkanes of at least 4 members (excludes halogenated alkanes) is 4. The summed E-state index contributed by atoms with van der Waals surface area (Å²) in [7, 11) is 0. The number of carbonyl (C=O) groups excluding carboxylic acids is 1. The van der Waals surface area contributed by atoms with Crippen molar-refractivity contribution >= 4 is 22.4 Å². The fourth-order valence-electron chi connectivity index (χ4n) is 4.79. The minimum atomic E-state index is -0.183. The molecular weight excluding hydrogens is 438 g/mol. The molecule has 0 radical (unpaired) electrons. The molecule has 2 rings (SSSR count). The Labute approximate surface area is 212 Å². The van der Waals surface area contributed by atoms with Crippen LogP contribution in [0.4, 0.5) is 5.13 Å². The minimum absolute atomic E-state index is 0.145. The zero-order valence-corrected chi connectivity index (χ0v) is 23.4. The molecule has 0 aliphatic heterocycles. The molecule has 0 saturated carbocycles. The summed E-state index contributed by atoms with van der Waals surface area (Å²) in [6.07, 6.45) is 10.0. The first-order valence-corrected chi connectivity index (χ1v) is 14.2. The van der Waals surface area contributed by atoms with Gasteiger partial charge in [0.1, 0.15) is 0 Å². The van der Waals surface area contributed by atoms with Gasteiger partial charge in [0.25, 0.3) is 0 Å². The maximum Gasteiger partial charge on any atom is 0.229 e. The van der Waals surface area contributed by atoms with Crippen molar-refractivity contribution in [2.75, 3.05) is 5.32 Å².